The lowest BCUT2D eigenvalue weighted by Crippen LogP contribution is -2.19. The second kappa shape index (κ2) is 9.12. The summed E-state index contributed by atoms with van der Waals surface area (Å²) in [6.07, 6.45) is 1.89. The van der Waals surface area contributed by atoms with Crippen LogP contribution in [0.25, 0.3) is 16.9 Å². The van der Waals surface area contributed by atoms with E-state index in [2.05, 4.69) is 15.7 Å². The molecule has 6 nitrogen and oxygen atoms in total. The van der Waals surface area contributed by atoms with Gasteiger partial charge in [-0.2, -0.15) is 5.10 Å². The number of hydrogen-bond acceptors (Lipinski definition) is 3. The standard InChI is InChI=1S/C23H18Cl2N4O2/c1-31-19-9-2-15(3-10-19)22-12-13-29(28-22)18-7-4-16(5-8-18)26-23(30)27-17-6-11-20(24)21(25)14-17/h2-14H,1H3,(H2,26,27,30). The first-order valence-corrected chi connectivity index (χ1v) is 10.1. The molecule has 0 atom stereocenters. The largest absolute Gasteiger partial charge is 0.497 e. The molecule has 1 heterocycles. The Morgan fingerprint density at radius 3 is 2.23 bits per heavy atom. The van der Waals surface area contributed by atoms with Crippen molar-refractivity contribution >= 4 is 40.6 Å². The van der Waals surface area contributed by atoms with Crippen molar-refractivity contribution in [2.45, 2.75) is 0 Å². The number of methoxy groups -OCH3 is 1. The molecule has 0 aliphatic rings. The second-order valence-electron chi connectivity index (χ2n) is 6.63. The molecule has 4 rings (SSSR count). The van der Waals surface area contributed by atoms with Crippen LogP contribution < -0.4 is 15.4 Å². The number of ether oxygens (including phenoxy) is 1. The number of anilines is 2. The van der Waals surface area contributed by atoms with Gasteiger partial charge in [-0.25, -0.2) is 9.48 Å². The van der Waals surface area contributed by atoms with Crippen LogP contribution in [0.3, 0.4) is 0 Å². The Morgan fingerprint density at radius 2 is 1.55 bits per heavy atom. The van der Waals surface area contributed by atoms with Crippen LogP contribution in [-0.2, 0) is 0 Å². The van der Waals surface area contributed by atoms with Gasteiger partial charge in [0.15, 0.2) is 0 Å². The summed E-state index contributed by atoms with van der Waals surface area (Å²) in [5.74, 6) is 0.800. The number of aromatic nitrogens is 2. The van der Waals surface area contributed by atoms with Gasteiger partial charge in [-0.1, -0.05) is 23.2 Å². The van der Waals surface area contributed by atoms with Gasteiger partial charge in [-0.05, 0) is 72.8 Å². The number of nitrogens with one attached hydrogen (secondary N) is 2. The van der Waals surface area contributed by atoms with Gasteiger partial charge in [0.05, 0.1) is 28.5 Å². The van der Waals surface area contributed by atoms with Crippen LogP contribution in [0.5, 0.6) is 5.75 Å². The van der Waals surface area contributed by atoms with E-state index >= 15 is 0 Å². The van der Waals surface area contributed by atoms with Gasteiger partial charge in [0, 0.05) is 23.1 Å². The smallest absolute Gasteiger partial charge is 0.323 e. The number of carbonyl (C=O) groups is 1. The van der Waals surface area contributed by atoms with E-state index in [1.54, 1.807) is 42.1 Å². The maximum Gasteiger partial charge on any atom is 0.323 e. The highest BCUT2D eigenvalue weighted by molar-refractivity contribution is 6.42. The van der Waals surface area contributed by atoms with Crippen molar-refractivity contribution in [3.8, 4) is 22.7 Å². The fraction of sp³-hybridized carbons (Fsp3) is 0.0435. The SMILES string of the molecule is COc1ccc(-c2ccn(-c3ccc(NC(=O)Nc4ccc(Cl)c(Cl)c4)cc3)n2)cc1. The Hall–Kier alpha value is -3.48. The van der Waals surface area contributed by atoms with E-state index in [4.69, 9.17) is 27.9 Å². The quantitative estimate of drug-likeness (QED) is 0.363. The molecule has 3 aromatic carbocycles. The summed E-state index contributed by atoms with van der Waals surface area (Å²) < 4.78 is 6.97. The number of halogens is 2. The first-order chi connectivity index (χ1) is 15.0. The maximum absolute atomic E-state index is 12.2. The number of nitrogens with zero attached hydrogens (tertiary/aromatic N) is 2. The van der Waals surface area contributed by atoms with Crippen LogP contribution >= 0.6 is 23.2 Å². The van der Waals surface area contributed by atoms with E-state index in [-0.39, 0.29) is 6.03 Å². The van der Waals surface area contributed by atoms with Crippen LogP contribution in [-0.4, -0.2) is 22.9 Å². The molecule has 0 radical (unpaired) electrons. The fourth-order valence-corrected chi connectivity index (χ4v) is 3.25. The van der Waals surface area contributed by atoms with Gasteiger partial charge in [0.1, 0.15) is 5.75 Å². The minimum absolute atomic E-state index is 0.372. The zero-order valence-electron chi connectivity index (χ0n) is 16.5. The molecule has 1 aromatic heterocycles. The summed E-state index contributed by atoms with van der Waals surface area (Å²) in [6.45, 7) is 0. The van der Waals surface area contributed by atoms with E-state index in [1.807, 2.05) is 48.7 Å². The zero-order chi connectivity index (χ0) is 21.8. The predicted molar refractivity (Wildman–Crippen MR) is 125 cm³/mol. The average Bonchev–Trinajstić information content (AvgIpc) is 3.27. The Bertz CT molecular complexity index is 1210. The number of hydrogen-bond donors (Lipinski definition) is 2. The van der Waals surface area contributed by atoms with E-state index in [1.165, 1.54) is 0 Å². The molecule has 0 spiro atoms. The molecule has 0 aliphatic heterocycles. The first kappa shape index (κ1) is 20.8. The Morgan fingerprint density at radius 1 is 0.871 bits per heavy atom. The third-order valence-electron chi connectivity index (χ3n) is 4.54. The van der Waals surface area contributed by atoms with Gasteiger partial charge < -0.3 is 15.4 Å². The molecule has 2 amide bonds. The van der Waals surface area contributed by atoms with Gasteiger partial charge in [0.2, 0.25) is 0 Å². The van der Waals surface area contributed by atoms with Crippen molar-refractivity contribution in [1.29, 1.82) is 0 Å². The van der Waals surface area contributed by atoms with Gasteiger partial charge >= 0.3 is 6.03 Å². The third-order valence-corrected chi connectivity index (χ3v) is 5.28. The van der Waals surface area contributed by atoms with Crippen LogP contribution in [0.15, 0.2) is 79.0 Å². The average molecular weight is 453 g/mol. The highest BCUT2D eigenvalue weighted by Gasteiger charge is 2.07. The number of urea groups is 1. The summed E-state index contributed by atoms with van der Waals surface area (Å²) in [4.78, 5) is 12.2. The Balaban J connectivity index is 1.41. The lowest BCUT2D eigenvalue weighted by Gasteiger charge is -2.09. The highest BCUT2D eigenvalue weighted by Crippen LogP contribution is 2.25. The molecule has 4 aromatic rings. The lowest BCUT2D eigenvalue weighted by molar-refractivity contribution is 0.262. The summed E-state index contributed by atoms with van der Waals surface area (Å²) in [6, 6.07) is 21.5. The number of carbonyl (C=O) groups excluding carboxylic acids is 1. The van der Waals surface area contributed by atoms with Crippen LogP contribution in [0.1, 0.15) is 0 Å². The summed E-state index contributed by atoms with van der Waals surface area (Å²) in [5, 5.41) is 10.9. The Labute approximate surface area is 189 Å². The van der Waals surface area contributed by atoms with Gasteiger partial charge in [-0.3, -0.25) is 0 Å². The van der Waals surface area contributed by atoms with Crippen molar-refractivity contribution < 1.29 is 9.53 Å². The monoisotopic (exact) mass is 452 g/mol. The van der Waals surface area contributed by atoms with E-state index < -0.39 is 0 Å². The minimum atomic E-state index is -0.382. The van der Waals surface area contributed by atoms with Crippen LogP contribution in [0.2, 0.25) is 10.0 Å². The molecule has 31 heavy (non-hydrogen) atoms. The van der Waals surface area contributed by atoms with E-state index in [0.717, 1.165) is 22.7 Å². The normalized spacial score (nSPS) is 10.5. The molecular formula is C23H18Cl2N4O2. The molecule has 0 unspecified atom stereocenters. The summed E-state index contributed by atoms with van der Waals surface area (Å²) >= 11 is 11.9. The van der Waals surface area contributed by atoms with E-state index in [9.17, 15) is 4.79 Å². The molecule has 0 aliphatic carbocycles. The topological polar surface area (TPSA) is 68.2 Å². The molecule has 2 N–H and O–H groups in total. The second-order valence-corrected chi connectivity index (χ2v) is 7.44. The molecule has 0 fully saturated rings. The van der Waals surface area contributed by atoms with Crippen molar-refractivity contribution in [2.75, 3.05) is 17.7 Å². The summed E-state index contributed by atoms with van der Waals surface area (Å²) in [5.41, 5.74) is 3.91. The summed E-state index contributed by atoms with van der Waals surface area (Å²) in [7, 11) is 1.64. The minimum Gasteiger partial charge on any atom is -0.497 e. The van der Waals surface area contributed by atoms with Gasteiger partial charge in [0.25, 0.3) is 0 Å². The van der Waals surface area contributed by atoms with Crippen molar-refractivity contribution in [1.82, 2.24) is 9.78 Å². The number of rotatable bonds is 5. The zero-order valence-corrected chi connectivity index (χ0v) is 18.0. The van der Waals surface area contributed by atoms with Crippen LogP contribution in [0.4, 0.5) is 16.2 Å². The number of benzene rings is 3. The molecule has 0 saturated carbocycles. The maximum atomic E-state index is 12.2. The molecule has 0 saturated heterocycles. The molecule has 156 valence electrons. The van der Waals surface area contributed by atoms with E-state index in [0.29, 0.717) is 21.4 Å². The first-order valence-electron chi connectivity index (χ1n) is 9.35. The van der Waals surface area contributed by atoms with Crippen molar-refractivity contribution in [3.63, 3.8) is 0 Å². The Kier molecular flexibility index (Phi) is 6.11. The predicted octanol–water partition coefficient (Wildman–Crippen LogP) is 6.50. The molecule has 8 heteroatoms. The molecule has 0 bridgehead atoms. The van der Waals surface area contributed by atoms with Crippen LogP contribution in [0, 0.1) is 0 Å². The highest BCUT2D eigenvalue weighted by atomic mass is 35.5. The van der Waals surface area contributed by atoms with Crippen molar-refractivity contribution in [3.05, 3.63) is 89.0 Å². The molecular weight excluding hydrogens is 435 g/mol. The number of amides is 2. The van der Waals surface area contributed by atoms with Gasteiger partial charge in [-0.15, -0.1) is 0 Å². The lowest BCUT2D eigenvalue weighted by atomic mass is 10.1. The van der Waals surface area contributed by atoms with Crippen molar-refractivity contribution in [2.24, 2.45) is 0 Å². The third kappa shape index (κ3) is 4.99. The fourth-order valence-electron chi connectivity index (χ4n) is 2.95.